The maximum Gasteiger partial charge on any atom is 0.141 e. The Labute approximate surface area is 81.9 Å². The van der Waals surface area contributed by atoms with Crippen LogP contribution in [-0.4, -0.2) is 5.78 Å². The molecule has 13 heavy (non-hydrogen) atoms. The van der Waals surface area contributed by atoms with Crippen molar-refractivity contribution in [3.8, 4) is 0 Å². The summed E-state index contributed by atoms with van der Waals surface area (Å²) >= 11 is 0. The fraction of sp³-hybridized carbons (Fsp3) is 0.917. The smallest absolute Gasteiger partial charge is 0.141 e. The van der Waals surface area contributed by atoms with Crippen LogP contribution in [0.1, 0.15) is 59.3 Å². The normalized spacial score (nSPS) is 23.9. The summed E-state index contributed by atoms with van der Waals surface area (Å²) in [5.74, 6) is 0.776. The van der Waals surface area contributed by atoms with Gasteiger partial charge in [0.05, 0.1) is 0 Å². The van der Waals surface area contributed by atoms with Crippen molar-refractivity contribution in [3.63, 3.8) is 0 Å². The first-order chi connectivity index (χ1) is 6.10. The Morgan fingerprint density at radius 2 is 1.85 bits per heavy atom. The van der Waals surface area contributed by atoms with Crippen molar-refractivity contribution in [1.29, 1.82) is 0 Å². The number of hydrogen-bond acceptors (Lipinski definition) is 1. The van der Waals surface area contributed by atoms with Gasteiger partial charge in [-0.1, -0.05) is 40.0 Å². The Morgan fingerprint density at radius 3 is 2.31 bits per heavy atom. The summed E-state index contributed by atoms with van der Waals surface area (Å²) in [4.78, 5) is 12.1. The molecule has 0 saturated heterocycles. The highest BCUT2D eigenvalue weighted by atomic mass is 16.1. The summed E-state index contributed by atoms with van der Waals surface area (Å²) in [6, 6.07) is 0. The summed E-state index contributed by atoms with van der Waals surface area (Å²) < 4.78 is 0. The van der Waals surface area contributed by atoms with Crippen LogP contribution in [0.15, 0.2) is 0 Å². The van der Waals surface area contributed by atoms with E-state index < -0.39 is 0 Å². The molecule has 0 aromatic carbocycles. The summed E-state index contributed by atoms with van der Waals surface area (Å²) in [5.41, 5.74) is 0.0215. The molecule has 0 spiro atoms. The largest absolute Gasteiger partial charge is 0.299 e. The van der Waals surface area contributed by atoms with Gasteiger partial charge in [0.25, 0.3) is 0 Å². The number of hydrogen-bond donors (Lipinski definition) is 0. The molecule has 0 N–H and O–H groups in total. The summed E-state index contributed by atoms with van der Waals surface area (Å²) in [5, 5.41) is 0. The van der Waals surface area contributed by atoms with Crippen LogP contribution in [0.4, 0.5) is 0 Å². The van der Waals surface area contributed by atoms with Crippen molar-refractivity contribution >= 4 is 5.78 Å². The number of carbonyl (C=O) groups is 1. The number of carbonyl (C=O) groups excluding carboxylic acids is 1. The second-order valence-corrected chi connectivity index (χ2v) is 4.79. The predicted octanol–water partition coefficient (Wildman–Crippen LogP) is 3.57. The van der Waals surface area contributed by atoms with E-state index in [1.165, 1.54) is 19.3 Å². The van der Waals surface area contributed by atoms with Crippen LogP contribution >= 0.6 is 0 Å². The lowest BCUT2D eigenvalue weighted by Gasteiger charge is -2.34. The Bertz CT molecular complexity index is 178. The SMILES string of the molecule is CCC(C)C(=O)C1(C)CCCCC1. The minimum absolute atomic E-state index is 0.0215. The van der Waals surface area contributed by atoms with Crippen LogP contribution in [-0.2, 0) is 4.79 Å². The molecule has 0 aromatic rings. The quantitative estimate of drug-likeness (QED) is 0.652. The van der Waals surface area contributed by atoms with E-state index in [1.807, 2.05) is 0 Å². The van der Waals surface area contributed by atoms with E-state index in [0.717, 1.165) is 19.3 Å². The third-order valence-corrected chi connectivity index (χ3v) is 3.61. The van der Waals surface area contributed by atoms with Gasteiger partial charge in [0.15, 0.2) is 0 Å². The second kappa shape index (κ2) is 4.26. The van der Waals surface area contributed by atoms with Crippen molar-refractivity contribution in [2.75, 3.05) is 0 Å². The monoisotopic (exact) mass is 182 g/mol. The third kappa shape index (κ3) is 2.32. The van der Waals surface area contributed by atoms with Crippen molar-refractivity contribution in [3.05, 3.63) is 0 Å². The first-order valence-electron chi connectivity index (χ1n) is 5.64. The Morgan fingerprint density at radius 1 is 1.31 bits per heavy atom. The molecule has 1 rings (SSSR count). The molecule has 0 aliphatic heterocycles. The number of ketones is 1. The van der Waals surface area contributed by atoms with Crippen LogP contribution < -0.4 is 0 Å². The zero-order valence-corrected chi connectivity index (χ0v) is 9.23. The Hall–Kier alpha value is -0.330. The summed E-state index contributed by atoms with van der Waals surface area (Å²) in [7, 11) is 0. The van der Waals surface area contributed by atoms with Crippen LogP contribution in [0.2, 0.25) is 0 Å². The third-order valence-electron chi connectivity index (χ3n) is 3.61. The van der Waals surface area contributed by atoms with E-state index >= 15 is 0 Å². The van der Waals surface area contributed by atoms with Crippen molar-refractivity contribution < 1.29 is 4.79 Å². The van der Waals surface area contributed by atoms with Crippen LogP contribution in [0.3, 0.4) is 0 Å². The average molecular weight is 182 g/mol. The molecule has 0 bridgehead atoms. The molecule has 1 saturated carbocycles. The van der Waals surface area contributed by atoms with Gasteiger partial charge in [-0.15, -0.1) is 0 Å². The van der Waals surface area contributed by atoms with Crippen molar-refractivity contribution in [1.82, 2.24) is 0 Å². The van der Waals surface area contributed by atoms with Gasteiger partial charge < -0.3 is 0 Å². The molecule has 1 aliphatic carbocycles. The predicted molar refractivity (Wildman–Crippen MR) is 55.7 cm³/mol. The van der Waals surface area contributed by atoms with Gasteiger partial charge in [-0.25, -0.2) is 0 Å². The van der Waals surface area contributed by atoms with Gasteiger partial charge in [0, 0.05) is 11.3 Å². The van der Waals surface area contributed by atoms with E-state index in [-0.39, 0.29) is 11.3 Å². The minimum atomic E-state index is 0.0215. The highest BCUT2D eigenvalue weighted by molar-refractivity contribution is 5.86. The van der Waals surface area contributed by atoms with Gasteiger partial charge in [-0.05, 0) is 19.3 Å². The fourth-order valence-electron chi connectivity index (χ4n) is 2.36. The second-order valence-electron chi connectivity index (χ2n) is 4.79. The van der Waals surface area contributed by atoms with Gasteiger partial charge in [0.2, 0.25) is 0 Å². The minimum Gasteiger partial charge on any atom is -0.299 e. The lowest BCUT2D eigenvalue weighted by Crippen LogP contribution is -2.34. The molecule has 76 valence electrons. The van der Waals surface area contributed by atoms with Gasteiger partial charge in [-0.2, -0.15) is 0 Å². The first kappa shape index (κ1) is 10.7. The first-order valence-corrected chi connectivity index (χ1v) is 5.64. The van der Waals surface area contributed by atoms with Crippen LogP contribution in [0, 0.1) is 11.3 Å². The highest BCUT2D eigenvalue weighted by Crippen LogP contribution is 2.38. The molecule has 0 radical (unpaired) electrons. The van der Waals surface area contributed by atoms with E-state index in [1.54, 1.807) is 0 Å². The van der Waals surface area contributed by atoms with E-state index in [4.69, 9.17) is 0 Å². The zero-order chi connectivity index (χ0) is 9.90. The molecular weight excluding hydrogens is 160 g/mol. The fourth-order valence-corrected chi connectivity index (χ4v) is 2.36. The van der Waals surface area contributed by atoms with E-state index in [9.17, 15) is 4.79 Å². The topological polar surface area (TPSA) is 17.1 Å². The molecule has 1 heteroatoms. The molecule has 1 atom stereocenters. The summed E-state index contributed by atoms with van der Waals surface area (Å²) in [6.07, 6.45) is 7.06. The highest BCUT2D eigenvalue weighted by Gasteiger charge is 2.35. The zero-order valence-electron chi connectivity index (χ0n) is 9.23. The molecule has 0 amide bonds. The average Bonchev–Trinajstić information content (AvgIpc) is 2.16. The number of Topliss-reactive ketones (excluding diaryl/α,β-unsaturated/α-hetero) is 1. The maximum absolute atomic E-state index is 12.1. The molecule has 1 fully saturated rings. The Kier molecular flexibility index (Phi) is 3.52. The molecule has 0 aromatic heterocycles. The standard InChI is InChI=1S/C12H22O/c1-4-10(2)11(13)12(3)8-6-5-7-9-12/h10H,4-9H2,1-3H3. The van der Waals surface area contributed by atoms with Crippen molar-refractivity contribution in [2.45, 2.75) is 59.3 Å². The summed E-state index contributed by atoms with van der Waals surface area (Å²) in [6.45, 7) is 6.34. The van der Waals surface area contributed by atoms with E-state index in [0.29, 0.717) is 5.78 Å². The molecule has 1 unspecified atom stereocenters. The van der Waals surface area contributed by atoms with Crippen LogP contribution in [0.5, 0.6) is 0 Å². The van der Waals surface area contributed by atoms with Gasteiger partial charge >= 0.3 is 0 Å². The molecule has 1 nitrogen and oxygen atoms in total. The van der Waals surface area contributed by atoms with E-state index in [2.05, 4.69) is 20.8 Å². The van der Waals surface area contributed by atoms with Crippen LogP contribution in [0.25, 0.3) is 0 Å². The lowest BCUT2D eigenvalue weighted by atomic mass is 9.69. The Balaban J connectivity index is 2.61. The van der Waals surface area contributed by atoms with Crippen molar-refractivity contribution in [2.24, 2.45) is 11.3 Å². The van der Waals surface area contributed by atoms with Gasteiger partial charge in [-0.3, -0.25) is 4.79 Å². The molecular formula is C12H22O. The number of rotatable bonds is 3. The molecule has 0 heterocycles. The molecule has 1 aliphatic rings. The maximum atomic E-state index is 12.1. The van der Waals surface area contributed by atoms with Gasteiger partial charge in [0.1, 0.15) is 5.78 Å². The lowest BCUT2D eigenvalue weighted by molar-refractivity contribution is -0.133.